The van der Waals surface area contributed by atoms with Gasteiger partial charge in [-0.1, -0.05) is 6.07 Å². The first kappa shape index (κ1) is 14.2. The van der Waals surface area contributed by atoms with Gasteiger partial charge in [0.25, 0.3) is 0 Å². The standard InChI is InChI=1S/C8H7ClN2O6S/c1-5-2-3-7(6(4-5)11(13)14)17-8(12)10-18(9,15)16/h2-4H,1H3,(H,10,12). The molecule has 0 heterocycles. The second kappa shape index (κ2) is 5.19. The van der Waals surface area contributed by atoms with Crippen LogP contribution in [0.5, 0.6) is 5.75 Å². The molecule has 0 aliphatic carbocycles. The molecule has 0 aliphatic rings. The molecule has 1 N–H and O–H groups in total. The summed E-state index contributed by atoms with van der Waals surface area (Å²) in [6.45, 7) is 1.61. The number of halogens is 1. The van der Waals surface area contributed by atoms with Crippen molar-refractivity contribution in [2.45, 2.75) is 6.92 Å². The number of amides is 1. The summed E-state index contributed by atoms with van der Waals surface area (Å²) in [6.07, 6.45) is -1.43. The second-order valence-corrected chi connectivity index (χ2v) is 5.46. The van der Waals surface area contributed by atoms with Crippen LogP contribution in [0, 0.1) is 17.0 Å². The smallest absolute Gasteiger partial charge is 0.402 e. The largest absolute Gasteiger partial charge is 0.427 e. The van der Waals surface area contributed by atoms with Gasteiger partial charge in [-0.2, -0.15) is 8.42 Å². The summed E-state index contributed by atoms with van der Waals surface area (Å²) in [4.78, 5) is 21.0. The van der Waals surface area contributed by atoms with Gasteiger partial charge in [0, 0.05) is 16.7 Å². The van der Waals surface area contributed by atoms with E-state index in [1.807, 2.05) is 0 Å². The Bertz CT molecular complexity index is 600. The molecule has 1 amide bonds. The molecule has 8 nitrogen and oxygen atoms in total. The Hall–Kier alpha value is -1.87. The number of hydrogen-bond donors (Lipinski definition) is 1. The van der Waals surface area contributed by atoms with Crippen molar-refractivity contribution in [2.24, 2.45) is 0 Å². The van der Waals surface area contributed by atoms with E-state index in [0.717, 1.165) is 0 Å². The molecule has 10 heteroatoms. The lowest BCUT2D eigenvalue weighted by Gasteiger charge is -2.05. The average Bonchev–Trinajstić information content (AvgIpc) is 2.17. The van der Waals surface area contributed by atoms with E-state index in [1.165, 1.54) is 22.9 Å². The molecule has 1 aromatic rings. The van der Waals surface area contributed by atoms with E-state index >= 15 is 0 Å². The summed E-state index contributed by atoms with van der Waals surface area (Å²) < 4.78 is 26.8. The molecule has 0 atom stereocenters. The molecule has 0 spiro atoms. The fourth-order valence-corrected chi connectivity index (χ4v) is 1.51. The van der Waals surface area contributed by atoms with Crippen LogP contribution in [0.2, 0.25) is 0 Å². The number of hydrogen-bond acceptors (Lipinski definition) is 6. The normalized spacial score (nSPS) is 10.8. The highest BCUT2D eigenvalue weighted by molar-refractivity contribution is 8.12. The molecule has 1 aromatic carbocycles. The van der Waals surface area contributed by atoms with Gasteiger partial charge < -0.3 is 4.74 Å². The Labute approximate surface area is 106 Å². The molecule has 1 rings (SSSR count). The summed E-state index contributed by atoms with van der Waals surface area (Å²) in [5.74, 6) is -0.386. The van der Waals surface area contributed by atoms with Crippen molar-refractivity contribution in [3.63, 3.8) is 0 Å². The Morgan fingerprint density at radius 3 is 2.61 bits per heavy atom. The van der Waals surface area contributed by atoms with Gasteiger partial charge in [-0.3, -0.25) is 10.1 Å². The number of ether oxygens (including phenoxy) is 1. The highest BCUT2D eigenvalue weighted by atomic mass is 35.7. The van der Waals surface area contributed by atoms with Crippen molar-refractivity contribution in [3.05, 3.63) is 33.9 Å². The number of carbonyl (C=O) groups is 1. The van der Waals surface area contributed by atoms with Gasteiger partial charge in [0.05, 0.1) is 4.92 Å². The van der Waals surface area contributed by atoms with Gasteiger partial charge in [0.15, 0.2) is 0 Å². The van der Waals surface area contributed by atoms with E-state index in [4.69, 9.17) is 10.7 Å². The van der Waals surface area contributed by atoms with Gasteiger partial charge >= 0.3 is 21.0 Å². The summed E-state index contributed by atoms with van der Waals surface area (Å²) in [7, 11) is 0.441. The Kier molecular flexibility index (Phi) is 4.09. The second-order valence-electron chi connectivity index (χ2n) is 3.16. The van der Waals surface area contributed by atoms with Crippen LogP contribution < -0.4 is 9.46 Å². The van der Waals surface area contributed by atoms with Crippen LogP contribution in [-0.4, -0.2) is 19.4 Å². The van der Waals surface area contributed by atoms with Crippen LogP contribution in [-0.2, 0) is 9.24 Å². The molecule has 0 bridgehead atoms. The van der Waals surface area contributed by atoms with Crippen molar-refractivity contribution >= 4 is 31.7 Å². The van der Waals surface area contributed by atoms with Gasteiger partial charge in [-0.15, -0.1) is 0 Å². The van der Waals surface area contributed by atoms with Crippen LogP contribution in [0.4, 0.5) is 10.5 Å². The fourth-order valence-electron chi connectivity index (χ4n) is 1.08. The minimum atomic E-state index is -4.31. The number of rotatable bonds is 3. The van der Waals surface area contributed by atoms with E-state index in [1.54, 1.807) is 6.92 Å². The lowest BCUT2D eigenvalue weighted by Crippen LogP contribution is -2.29. The fraction of sp³-hybridized carbons (Fsp3) is 0.125. The quantitative estimate of drug-likeness (QED) is 0.513. The summed E-state index contributed by atoms with van der Waals surface area (Å²) in [5.41, 5.74) is 0.122. The molecule has 0 fully saturated rings. The maximum absolute atomic E-state index is 11.1. The van der Waals surface area contributed by atoms with Crippen molar-refractivity contribution in [3.8, 4) is 5.75 Å². The number of nitrogens with zero attached hydrogens (tertiary/aromatic N) is 1. The molecule has 0 aliphatic heterocycles. The number of aryl methyl sites for hydroxylation is 1. The minimum absolute atomic E-state index is 0.386. The minimum Gasteiger partial charge on any atom is -0.402 e. The third-order valence-corrected chi connectivity index (χ3v) is 2.36. The first-order chi connectivity index (χ1) is 8.19. The lowest BCUT2D eigenvalue weighted by atomic mass is 10.2. The maximum Gasteiger partial charge on any atom is 0.427 e. The topological polar surface area (TPSA) is 116 Å². The number of nitro groups is 1. The Morgan fingerprint density at radius 1 is 1.50 bits per heavy atom. The Morgan fingerprint density at radius 2 is 2.11 bits per heavy atom. The molecule has 0 radical (unpaired) electrons. The van der Waals surface area contributed by atoms with E-state index in [2.05, 4.69) is 4.74 Å². The zero-order chi connectivity index (χ0) is 13.9. The maximum atomic E-state index is 11.1. The predicted molar refractivity (Wildman–Crippen MR) is 61.8 cm³/mol. The summed E-state index contributed by atoms with van der Waals surface area (Å²) in [5, 5.41) is 10.7. The zero-order valence-corrected chi connectivity index (χ0v) is 10.5. The molecule has 0 saturated heterocycles. The van der Waals surface area contributed by atoms with Gasteiger partial charge in [0.2, 0.25) is 5.75 Å². The highest BCUT2D eigenvalue weighted by Gasteiger charge is 2.20. The number of nitrogens with one attached hydrogen (secondary N) is 1. The van der Waals surface area contributed by atoms with Crippen LogP contribution >= 0.6 is 10.7 Å². The van der Waals surface area contributed by atoms with E-state index in [-0.39, 0.29) is 5.75 Å². The molecular weight excluding hydrogens is 288 g/mol. The third kappa shape index (κ3) is 4.18. The lowest BCUT2D eigenvalue weighted by molar-refractivity contribution is -0.385. The molecule has 18 heavy (non-hydrogen) atoms. The molecule has 0 aromatic heterocycles. The predicted octanol–water partition coefficient (Wildman–Crippen LogP) is 1.48. The van der Waals surface area contributed by atoms with Crippen LogP contribution in [0.25, 0.3) is 0 Å². The average molecular weight is 295 g/mol. The van der Waals surface area contributed by atoms with E-state index in [9.17, 15) is 23.3 Å². The molecule has 0 saturated carbocycles. The van der Waals surface area contributed by atoms with Crippen LogP contribution in [0.1, 0.15) is 5.56 Å². The van der Waals surface area contributed by atoms with Crippen molar-refractivity contribution in [2.75, 3.05) is 0 Å². The van der Waals surface area contributed by atoms with Crippen molar-refractivity contribution in [1.82, 2.24) is 4.72 Å². The number of carbonyl (C=O) groups excluding carboxylic acids is 1. The SMILES string of the molecule is Cc1ccc(OC(=O)NS(=O)(=O)Cl)c([N+](=O)[O-])c1. The van der Waals surface area contributed by atoms with E-state index in [0.29, 0.717) is 5.56 Å². The van der Waals surface area contributed by atoms with Gasteiger partial charge in [0.1, 0.15) is 0 Å². The van der Waals surface area contributed by atoms with Crippen LogP contribution in [0.3, 0.4) is 0 Å². The van der Waals surface area contributed by atoms with Crippen LogP contribution in [0.15, 0.2) is 18.2 Å². The first-order valence-electron chi connectivity index (χ1n) is 4.38. The molecule has 0 unspecified atom stereocenters. The molecular formula is C8H7ClN2O6S. The van der Waals surface area contributed by atoms with E-state index < -0.39 is 25.9 Å². The number of benzene rings is 1. The summed E-state index contributed by atoms with van der Waals surface area (Å²) in [6, 6.07) is 3.82. The summed E-state index contributed by atoms with van der Waals surface area (Å²) >= 11 is 0. The van der Waals surface area contributed by atoms with Gasteiger partial charge in [-0.05, 0) is 18.6 Å². The Balaban J connectivity index is 2.98. The third-order valence-electron chi connectivity index (χ3n) is 1.72. The highest BCUT2D eigenvalue weighted by Crippen LogP contribution is 2.27. The monoisotopic (exact) mass is 294 g/mol. The molecule has 98 valence electrons. The zero-order valence-electron chi connectivity index (χ0n) is 8.91. The number of nitro benzene ring substituents is 1. The van der Waals surface area contributed by atoms with Crippen molar-refractivity contribution in [1.29, 1.82) is 0 Å². The first-order valence-corrected chi connectivity index (χ1v) is 6.69. The van der Waals surface area contributed by atoms with Crippen molar-refractivity contribution < 1.29 is 22.9 Å². The van der Waals surface area contributed by atoms with Gasteiger partial charge in [-0.25, -0.2) is 9.52 Å².